The first kappa shape index (κ1) is 13.2. The van der Waals surface area contributed by atoms with Crippen LogP contribution in [0.25, 0.3) is 0 Å². The van der Waals surface area contributed by atoms with Gasteiger partial charge in [-0.2, -0.15) is 5.26 Å². The Morgan fingerprint density at radius 2 is 2.06 bits per heavy atom. The van der Waals surface area contributed by atoms with Crippen LogP contribution in [-0.2, 0) is 4.79 Å². The smallest absolute Gasteiger partial charge is 0.221 e. The van der Waals surface area contributed by atoms with Crippen molar-refractivity contribution in [1.82, 2.24) is 5.32 Å². The molecule has 0 fully saturated rings. The zero-order valence-electron chi connectivity index (χ0n) is 10.4. The lowest BCUT2D eigenvalue weighted by molar-refractivity contribution is -0.121. The molecule has 1 aromatic carbocycles. The Hall–Kier alpha value is -1.82. The Kier molecular flexibility index (Phi) is 5.22. The molecule has 0 aliphatic rings. The van der Waals surface area contributed by atoms with Crippen LogP contribution in [0.3, 0.4) is 0 Å². The number of nitriles is 1. The normalized spacial score (nSPS) is 11.6. The summed E-state index contributed by atoms with van der Waals surface area (Å²) in [7, 11) is 0. The summed E-state index contributed by atoms with van der Waals surface area (Å²) >= 11 is 0. The molecule has 0 bridgehead atoms. The molecule has 1 N–H and O–H groups in total. The third-order valence-corrected chi connectivity index (χ3v) is 2.60. The Balaban J connectivity index is 2.63. The molecule has 1 aromatic rings. The fourth-order valence-corrected chi connectivity index (χ4v) is 1.56. The number of nitrogens with zero attached hydrogens (tertiary/aromatic N) is 1. The van der Waals surface area contributed by atoms with Crippen molar-refractivity contribution in [1.29, 1.82) is 5.26 Å². The van der Waals surface area contributed by atoms with Gasteiger partial charge in [0.1, 0.15) is 0 Å². The van der Waals surface area contributed by atoms with Gasteiger partial charge in [0, 0.05) is 13.0 Å². The van der Waals surface area contributed by atoms with E-state index < -0.39 is 0 Å². The van der Waals surface area contributed by atoms with Crippen LogP contribution in [0, 0.1) is 18.3 Å². The van der Waals surface area contributed by atoms with Crippen molar-refractivity contribution < 1.29 is 4.79 Å². The van der Waals surface area contributed by atoms with E-state index in [0.717, 1.165) is 17.5 Å². The molecule has 3 heteroatoms. The summed E-state index contributed by atoms with van der Waals surface area (Å²) in [5.41, 5.74) is 2.06. The van der Waals surface area contributed by atoms with Crippen molar-refractivity contribution in [3.05, 3.63) is 35.4 Å². The summed E-state index contributed by atoms with van der Waals surface area (Å²) in [6.07, 6.45) is 1.15. The van der Waals surface area contributed by atoms with Gasteiger partial charge in [-0.3, -0.25) is 4.79 Å². The molecule has 0 aliphatic carbocycles. The van der Waals surface area contributed by atoms with Crippen molar-refractivity contribution in [2.75, 3.05) is 6.54 Å². The lowest BCUT2D eigenvalue weighted by atomic mass is 9.96. The van der Waals surface area contributed by atoms with E-state index in [0.29, 0.717) is 6.54 Å². The zero-order valence-corrected chi connectivity index (χ0v) is 10.4. The third kappa shape index (κ3) is 4.28. The van der Waals surface area contributed by atoms with Gasteiger partial charge in [-0.15, -0.1) is 0 Å². The van der Waals surface area contributed by atoms with Gasteiger partial charge < -0.3 is 5.32 Å². The Bertz CT molecular complexity index is 403. The summed E-state index contributed by atoms with van der Waals surface area (Å²) in [5, 5.41) is 11.9. The fourth-order valence-electron chi connectivity index (χ4n) is 1.56. The number of hydrogen-bond donors (Lipinski definition) is 1. The minimum Gasteiger partial charge on any atom is -0.356 e. The molecule has 0 saturated heterocycles. The van der Waals surface area contributed by atoms with E-state index in [9.17, 15) is 4.79 Å². The minimum atomic E-state index is -0.354. The second-order valence-corrected chi connectivity index (χ2v) is 4.15. The summed E-state index contributed by atoms with van der Waals surface area (Å²) in [5.74, 6) is -0.411. The molecule has 0 aromatic heterocycles. The molecule has 0 saturated carbocycles. The molecule has 0 radical (unpaired) electrons. The molecule has 0 aliphatic heterocycles. The van der Waals surface area contributed by atoms with Crippen LogP contribution in [0.15, 0.2) is 24.3 Å². The number of carbonyl (C=O) groups excluding carboxylic acids is 1. The van der Waals surface area contributed by atoms with Crippen LogP contribution in [0.2, 0.25) is 0 Å². The highest BCUT2D eigenvalue weighted by Crippen LogP contribution is 2.19. The van der Waals surface area contributed by atoms with E-state index in [1.807, 2.05) is 38.1 Å². The SMILES string of the molecule is CCCNC(=O)CC(C#N)c1ccc(C)cc1. The maximum Gasteiger partial charge on any atom is 0.221 e. The molecule has 0 spiro atoms. The highest BCUT2D eigenvalue weighted by Gasteiger charge is 2.14. The van der Waals surface area contributed by atoms with Gasteiger partial charge >= 0.3 is 0 Å². The first-order valence-electron chi connectivity index (χ1n) is 5.90. The average Bonchev–Trinajstić information content (AvgIpc) is 2.34. The van der Waals surface area contributed by atoms with Crippen LogP contribution in [0.5, 0.6) is 0 Å². The van der Waals surface area contributed by atoms with Crippen molar-refractivity contribution in [3.8, 4) is 6.07 Å². The van der Waals surface area contributed by atoms with E-state index >= 15 is 0 Å². The number of carbonyl (C=O) groups is 1. The van der Waals surface area contributed by atoms with Gasteiger partial charge in [-0.05, 0) is 18.9 Å². The van der Waals surface area contributed by atoms with E-state index in [1.54, 1.807) is 0 Å². The van der Waals surface area contributed by atoms with Gasteiger partial charge in [-0.25, -0.2) is 0 Å². The summed E-state index contributed by atoms with van der Waals surface area (Å²) in [4.78, 5) is 11.5. The van der Waals surface area contributed by atoms with Gasteiger partial charge in [0.25, 0.3) is 0 Å². The number of aryl methyl sites for hydroxylation is 1. The molecule has 1 atom stereocenters. The van der Waals surface area contributed by atoms with Crippen molar-refractivity contribution >= 4 is 5.91 Å². The first-order valence-corrected chi connectivity index (χ1v) is 5.90. The largest absolute Gasteiger partial charge is 0.356 e. The molecule has 17 heavy (non-hydrogen) atoms. The average molecular weight is 230 g/mol. The second kappa shape index (κ2) is 6.70. The molecule has 1 rings (SSSR count). The van der Waals surface area contributed by atoms with Crippen molar-refractivity contribution in [2.24, 2.45) is 0 Å². The quantitative estimate of drug-likeness (QED) is 0.845. The monoisotopic (exact) mass is 230 g/mol. The molecule has 1 unspecified atom stereocenters. The Morgan fingerprint density at radius 1 is 1.41 bits per heavy atom. The number of nitrogens with one attached hydrogen (secondary N) is 1. The first-order chi connectivity index (χ1) is 8.17. The maximum atomic E-state index is 11.5. The molecule has 0 heterocycles. The van der Waals surface area contributed by atoms with E-state index in [2.05, 4.69) is 11.4 Å². The summed E-state index contributed by atoms with van der Waals surface area (Å²) in [6.45, 7) is 4.67. The summed E-state index contributed by atoms with van der Waals surface area (Å²) < 4.78 is 0. The number of rotatable bonds is 5. The van der Waals surface area contributed by atoms with Crippen molar-refractivity contribution in [2.45, 2.75) is 32.6 Å². The van der Waals surface area contributed by atoms with Crippen molar-refractivity contribution in [3.63, 3.8) is 0 Å². The van der Waals surface area contributed by atoms with Crippen LogP contribution in [0.4, 0.5) is 0 Å². The topological polar surface area (TPSA) is 52.9 Å². The van der Waals surface area contributed by atoms with Gasteiger partial charge in [0.15, 0.2) is 0 Å². The fraction of sp³-hybridized carbons (Fsp3) is 0.429. The minimum absolute atomic E-state index is 0.0565. The standard InChI is InChI=1S/C14H18N2O/c1-3-8-16-14(17)9-13(10-15)12-6-4-11(2)5-7-12/h4-7,13H,3,8-9H2,1-2H3,(H,16,17). The van der Waals surface area contributed by atoms with Crippen LogP contribution in [0.1, 0.15) is 36.8 Å². The van der Waals surface area contributed by atoms with E-state index in [-0.39, 0.29) is 18.2 Å². The third-order valence-electron chi connectivity index (χ3n) is 2.60. The molecule has 90 valence electrons. The number of benzene rings is 1. The lowest BCUT2D eigenvalue weighted by Gasteiger charge is -2.09. The van der Waals surface area contributed by atoms with E-state index in [1.165, 1.54) is 0 Å². The second-order valence-electron chi connectivity index (χ2n) is 4.15. The molecule has 3 nitrogen and oxygen atoms in total. The predicted molar refractivity (Wildman–Crippen MR) is 67.5 cm³/mol. The van der Waals surface area contributed by atoms with Crippen LogP contribution >= 0.6 is 0 Å². The van der Waals surface area contributed by atoms with Gasteiger partial charge in [-0.1, -0.05) is 36.8 Å². The highest BCUT2D eigenvalue weighted by atomic mass is 16.1. The highest BCUT2D eigenvalue weighted by molar-refractivity contribution is 5.77. The zero-order chi connectivity index (χ0) is 12.7. The van der Waals surface area contributed by atoms with Gasteiger partial charge in [0.2, 0.25) is 5.91 Å². The molecular formula is C14H18N2O. The lowest BCUT2D eigenvalue weighted by Crippen LogP contribution is -2.25. The number of amides is 1. The maximum absolute atomic E-state index is 11.5. The van der Waals surface area contributed by atoms with E-state index in [4.69, 9.17) is 5.26 Å². The Labute approximate surface area is 102 Å². The summed E-state index contributed by atoms with van der Waals surface area (Å²) in [6, 6.07) is 9.93. The van der Waals surface area contributed by atoms with Crippen LogP contribution in [-0.4, -0.2) is 12.5 Å². The Morgan fingerprint density at radius 3 is 2.59 bits per heavy atom. The predicted octanol–water partition coefficient (Wildman–Crippen LogP) is 2.52. The molecular weight excluding hydrogens is 212 g/mol. The van der Waals surface area contributed by atoms with Gasteiger partial charge in [0.05, 0.1) is 12.0 Å². The van der Waals surface area contributed by atoms with Crippen LogP contribution < -0.4 is 5.32 Å². The molecule has 1 amide bonds. The number of hydrogen-bond acceptors (Lipinski definition) is 2.